The van der Waals surface area contributed by atoms with E-state index in [-0.39, 0.29) is 6.54 Å². The van der Waals surface area contributed by atoms with Crippen LogP contribution in [-0.4, -0.2) is 27.6 Å². The molecule has 2 rings (SSSR count). The van der Waals surface area contributed by atoms with Gasteiger partial charge in [0.2, 0.25) is 0 Å². The van der Waals surface area contributed by atoms with Gasteiger partial charge in [-0.1, -0.05) is 0 Å². The van der Waals surface area contributed by atoms with Crippen molar-refractivity contribution in [1.29, 1.82) is 0 Å². The Morgan fingerprint density at radius 1 is 1.57 bits per heavy atom. The van der Waals surface area contributed by atoms with Gasteiger partial charge in [0.1, 0.15) is 18.7 Å². The maximum absolute atomic E-state index is 10.4. The predicted molar refractivity (Wildman–Crippen MR) is 53.2 cm³/mol. The lowest BCUT2D eigenvalue weighted by Crippen LogP contribution is -2.14. The third-order valence-electron chi connectivity index (χ3n) is 1.93. The SMILES string of the molecule is O=C(O)CNc1ncnc2c1CSC2. The molecule has 1 aliphatic heterocycles. The quantitative estimate of drug-likeness (QED) is 0.767. The minimum absolute atomic E-state index is 0.103. The highest BCUT2D eigenvalue weighted by Crippen LogP contribution is 2.31. The molecule has 1 aromatic heterocycles. The first-order chi connectivity index (χ1) is 6.77. The van der Waals surface area contributed by atoms with Crippen LogP contribution in [0.25, 0.3) is 0 Å². The Hall–Kier alpha value is -1.30. The minimum atomic E-state index is -0.886. The zero-order chi connectivity index (χ0) is 9.97. The fourth-order valence-corrected chi connectivity index (χ4v) is 2.34. The van der Waals surface area contributed by atoms with Gasteiger partial charge >= 0.3 is 5.97 Å². The number of carbonyl (C=O) groups is 1. The normalized spacial score (nSPS) is 13.7. The molecule has 2 N–H and O–H groups in total. The van der Waals surface area contributed by atoms with Crippen molar-refractivity contribution in [2.45, 2.75) is 11.5 Å². The van der Waals surface area contributed by atoms with E-state index in [0.717, 1.165) is 22.8 Å². The van der Waals surface area contributed by atoms with Crippen LogP contribution in [0.1, 0.15) is 11.3 Å². The standard InChI is InChI=1S/C8H9N3O2S/c12-7(13)1-9-8-5-2-14-3-6(5)10-4-11-8/h4H,1-3H2,(H,12,13)(H,9,10,11). The summed E-state index contributed by atoms with van der Waals surface area (Å²) in [4.78, 5) is 18.5. The summed E-state index contributed by atoms with van der Waals surface area (Å²) in [5.74, 6) is 1.52. The van der Waals surface area contributed by atoms with E-state index < -0.39 is 5.97 Å². The van der Waals surface area contributed by atoms with E-state index in [2.05, 4.69) is 15.3 Å². The summed E-state index contributed by atoms with van der Waals surface area (Å²) < 4.78 is 0. The van der Waals surface area contributed by atoms with E-state index in [1.165, 1.54) is 6.33 Å². The predicted octanol–water partition coefficient (Wildman–Crippen LogP) is 0.720. The molecule has 14 heavy (non-hydrogen) atoms. The van der Waals surface area contributed by atoms with Gasteiger partial charge in [0.25, 0.3) is 0 Å². The number of hydrogen-bond donors (Lipinski definition) is 2. The molecule has 0 bridgehead atoms. The zero-order valence-electron chi connectivity index (χ0n) is 7.36. The Balaban J connectivity index is 2.17. The van der Waals surface area contributed by atoms with Crippen molar-refractivity contribution in [3.63, 3.8) is 0 Å². The first-order valence-electron chi connectivity index (χ1n) is 4.13. The van der Waals surface area contributed by atoms with Gasteiger partial charge in [0.15, 0.2) is 0 Å². The van der Waals surface area contributed by atoms with Gasteiger partial charge in [-0.2, -0.15) is 11.8 Å². The first-order valence-corrected chi connectivity index (χ1v) is 5.29. The number of aromatic nitrogens is 2. The van der Waals surface area contributed by atoms with Gasteiger partial charge in [-0.15, -0.1) is 0 Å². The molecule has 0 aliphatic carbocycles. The van der Waals surface area contributed by atoms with Gasteiger partial charge in [-0.05, 0) is 0 Å². The summed E-state index contributed by atoms with van der Waals surface area (Å²) >= 11 is 1.76. The van der Waals surface area contributed by atoms with Crippen LogP contribution < -0.4 is 5.32 Å². The molecule has 0 unspecified atom stereocenters. The molecule has 2 heterocycles. The number of carboxylic acids is 1. The summed E-state index contributed by atoms with van der Waals surface area (Å²) in [6, 6.07) is 0. The van der Waals surface area contributed by atoms with E-state index in [9.17, 15) is 4.79 Å². The van der Waals surface area contributed by atoms with Gasteiger partial charge in [-0.3, -0.25) is 4.79 Å². The summed E-state index contributed by atoms with van der Waals surface area (Å²) in [6.07, 6.45) is 1.47. The highest BCUT2D eigenvalue weighted by molar-refractivity contribution is 7.98. The van der Waals surface area contributed by atoms with Crippen LogP contribution in [0, 0.1) is 0 Å². The molecule has 6 heteroatoms. The van der Waals surface area contributed by atoms with Crippen LogP contribution in [0.2, 0.25) is 0 Å². The fraction of sp³-hybridized carbons (Fsp3) is 0.375. The number of anilines is 1. The maximum Gasteiger partial charge on any atom is 0.322 e. The van der Waals surface area contributed by atoms with E-state index in [1.807, 2.05) is 0 Å². The lowest BCUT2D eigenvalue weighted by molar-refractivity contribution is -0.134. The first kappa shape index (κ1) is 9.26. The molecule has 0 radical (unpaired) electrons. The van der Waals surface area contributed by atoms with Crippen LogP contribution in [0.5, 0.6) is 0 Å². The van der Waals surface area contributed by atoms with E-state index in [4.69, 9.17) is 5.11 Å². The number of rotatable bonds is 3. The Labute approximate surface area is 85.0 Å². The second-order valence-corrected chi connectivity index (χ2v) is 3.87. The summed E-state index contributed by atoms with van der Waals surface area (Å²) in [5.41, 5.74) is 2.05. The van der Waals surface area contributed by atoms with Crippen LogP contribution in [0.3, 0.4) is 0 Å². The molecule has 74 valence electrons. The summed E-state index contributed by atoms with van der Waals surface area (Å²) in [6.45, 7) is -0.103. The monoisotopic (exact) mass is 211 g/mol. The van der Waals surface area contributed by atoms with Crippen molar-refractivity contribution < 1.29 is 9.90 Å². The molecule has 0 amide bonds. The number of nitrogens with one attached hydrogen (secondary N) is 1. The van der Waals surface area contributed by atoms with Crippen molar-refractivity contribution in [2.24, 2.45) is 0 Å². The largest absolute Gasteiger partial charge is 0.480 e. The highest BCUT2D eigenvalue weighted by Gasteiger charge is 2.17. The molecule has 0 fully saturated rings. The van der Waals surface area contributed by atoms with Crippen molar-refractivity contribution in [3.8, 4) is 0 Å². The van der Waals surface area contributed by atoms with Crippen LogP contribution in [-0.2, 0) is 16.3 Å². The smallest absolute Gasteiger partial charge is 0.322 e. The molecule has 5 nitrogen and oxygen atoms in total. The fourth-order valence-electron chi connectivity index (χ4n) is 1.29. The average molecular weight is 211 g/mol. The number of thioether (sulfide) groups is 1. The van der Waals surface area contributed by atoms with Crippen molar-refractivity contribution in [2.75, 3.05) is 11.9 Å². The third-order valence-corrected chi connectivity index (χ3v) is 2.90. The summed E-state index contributed by atoms with van der Waals surface area (Å²) in [7, 11) is 0. The molecule has 1 aliphatic rings. The Kier molecular flexibility index (Phi) is 2.53. The number of carboxylic acid groups (broad SMARTS) is 1. The van der Waals surface area contributed by atoms with Crippen molar-refractivity contribution >= 4 is 23.5 Å². The van der Waals surface area contributed by atoms with Crippen LogP contribution in [0.15, 0.2) is 6.33 Å². The Morgan fingerprint density at radius 3 is 3.21 bits per heavy atom. The second-order valence-electron chi connectivity index (χ2n) is 2.89. The molecule has 0 spiro atoms. The van der Waals surface area contributed by atoms with Crippen molar-refractivity contribution in [1.82, 2.24) is 9.97 Å². The highest BCUT2D eigenvalue weighted by atomic mass is 32.2. The topological polar surface area (TPSA) is 75.1 Å². The molecular formula is C8H9N3O2S. The van der Waals surface area contributed by atoms with Crippen molar-refractivity contribution in [3.05, 3.63) is 17.6 Å². The molecular weight excluding hydrogens is 202 g/mol. The van der Waals surface area contributed by atoms with Gasteiger partial charge in [0, 0.05) is 17.1 Å². The molecule has 0 aromatic carbocycles. The van der Waals surface area contributed by atoms with Crippen LogP contribution >= 0.6 is 11.8 Å². The second kappa shape index (κ2) is 3.83. The minimum Gasteiger partial charge on any atom is -0.480 e. The molecule has 0 saturated heterocycles. The maximum atomic E-state index is 10.4. The summed E-state index contributed by atoms with van der Waals surface area (Å²) in [5, 5.41) is 11.3. The van der Waals surface area contributed by atoms with Crippen LogP contribution in [0.4, 0.5) is 5.82 Å². The Bertz CT molecular complexity index is 370. The average Bonchev–Trinajstić information content (AvgIpc) is 2.62. The van der Waals surface area contributed by atoms with E-state index >= 15 is 0 Å². The third kappa shape index (κ3) is 1.79. The number of aliphatic carboxylic acids is 1. The molecule has 0 atom stereocenters. The number of hydrogen-bond acceptors (Lipinski definition) is 5. The Morgan fingerprint density at radius 2 is 2.43 bits per heavy atom. The van der Waals surface area contributed by atoms with Gasteiger partial charge in [0.05, 0.1) is 5.69 Å². The van der Waals surface area contributed by atoms with Gasteiger partial charge in [-0.25, -0.2) is 9.97 Å². The van der Waals surface area contributed by atoms with E-state index in [1.54, 1.807) is 11.8 Å². The van der Waals surface area contributed by atoms with Gasteiger partial charge < -0.3 is 10.4 Å². The number of nitrogens with zero attached hydrogens (tertiary/aromatic N) is 2. The lowest BCUT2D eigenvalue weighted by atomic mass is 10.2. The molecule has 0 saturated carbocycles. The zero-order valence-corrected chi connectivity index (χ0v) is 8.17. The number of fused-ring (bicyclic) bond motifs is 1. The molecule has 1 aromatic rings. The lowest BCUT2D eigenvalue weighted by Gasteiger charge is -2.06. The van der Waals surface area contributed by atoms with E-state index in [0.29, 0.717) is 5.82 Å².